The Hall–Kier alpha value is -0.940. The molecule has 0 atom stereocenters. The number of nitrogens with two attached hydrogens (primary N) is 1. The van der Waals surface area contributed by atoms with Gasteiger partial charge in [-0.05, 0) is 12.8 Å². The number of nitrogens with zero attached hydrogens (tertiary/aromatic N) is 3. The highest BCUT2D eigenvalue weighted by molar-refractivity contribution is 14.0. The minimum Gasteiger partial charge on any atom is -0.369 e. The standard InChI is InChI=1S/C17H30N6OS.HI/c1-17(2,3)13-11-25-15(22-13)9-20-16(19-4)21-12-5-7-23(8-6-12)10-14(18)24;/h11-12H,5-10H2,1-4H3,(H2,18,24)(H2,19,20,21);1H. The lowest BCUT2D eigenvalue weighted by Gasteiger charge is -2.32. The zero-order chi connectivity index (χ0) is 18.4. The highest BCUT2D eigenvalue weighted by Gasteiger charge is 2.21. The molecule has 0 radical (unpaired) electrons. The number of primary amides is 1. The molecule has 0 aliphatic carbocycles. The molecule has 1 aliphatic rings. The molecule has 4 N–H and O–H groups in total. The van der Waals surface area contributed by atoms with Crippen molar-refractivity contribution in [2.24, 2.45) is 10.7 Å². The van der Waals surface area contributed by atoms with Crippen molar-refractivity contribution >= 4 is 47.2 Å². The Morgan fingerprint density at radius 1 is 1.42 bits per heavy atom. The molecule has 1 aromatic heterocycles. The molecule has 1 aliphatic heterocycles. The number of piperidine rings is 1. The summed E-state index contributed by atoms with van der Waals surface area (Å²) in [6.07, 6.45) is 1.94. The molecule has 26 heavy (non-hydrogen) atoms. The van der Waals surface area contributed by atoms with Gasteiger partial charge in [-0.1, -0.05) is 20.8 Å². The molecule has 1 fully saturated rings. The van der Waals surface area contributed by atoms with Crippen molar-refractivity contribution in [3.63, 3.8) is 0 Å². The van der Waals surface area contributed by atoms with Gasteiger partial charge in [-0.15, -0.1) is 35.3 Å². The van der Waals surface area contributed by atoms with Gasteiger partial charge in [0, 0.05) is 37.0 Å². The molecule has 1 amide bonds. The number of carbonyl (C=O) groups is 1. The Morgan fingerprint density at radius 3 is 2.58 bits per heavy atom. The van der Waals surface area contributed by atoms with E-state index >= 15 is 0 Å². The molecule has 9 heteroatoms. The Kier molecular flexibility index (Phi) is 9.25. The predicted molar refractivity (Wildman–Crippen MR) is 118 cm³/mol. The fourth-order valence-electron chi connectivity index (χ4n) is 2.74. The number of aromatic nitrogens is 1. The number of thiazole rings is 1. The van der Waals surface area contributed by atoms with Crippen molar-refractivity contribution in [2.75, 3.05) is 26.7 Å². The quantitative estimate of drug-likeness (QED) is 0.329. The Labute approximate surface area is 177 Å². The second-order valence-corrected chi connectivity index (χ2v) is 8.41. The molecular weight excluding hydrogens is 463 g/mol. The highest BCUT2D eigenvalue weighted by atomic mass is 127. The van der Waals surface area contributed by atoms with Gasteiger partial charge < -0.3 is 16.4 Å². The fraction of sp³-hybridized carbons (Fsp3) is 0.706. The van der Waals surface area contributed by atoms with Crippen molar-refractivity contribution in [1.29, 1.82) is 0 Å². The first-order valence-corrected chi connectivity index (χ1v) is 9.58. The number of guanidine groups is 1. The summed E-state index contributed by atoms with van der Waals surface area (Å²) in [5.74, 6) is 0.530. The number of halogens is 1. The van der Waals surface area contributed by atoms with Crippen molar-refractivity contribution in [3.05, 3.63) is 16.1 Å². The molecule has 0 saturated carbocycles. The predicted octanol–water partition coefficient (Wildman–Crippen LogP) is 1.67. The van der Waals surface area contributed by atoms with E-state index in [4.69, 9.17) is 10.7 Å². The zero-order valence-electron chi connectivity index (χ0n) is 16.0. The Morgan fingerprint density at radius 2 is 2.08 bits per heavy atom. The van der Waals surface area contributed by atoms with Crippen LogP contribution in [0.25, 0.3) is 0 Å². The van der Waals surface area contributed by atoms with Gasteiger partial charge in [0.2, 0.25) is 5.91 Å². The monoisotopic (exact) mass is 494 g/mol. The number of rotatable bonds is 5. The zero-order valence-corrected chi connectivity index (χ0v) is 19.2. The summed E-state index contributed by atoms with van der Waals surface area (Å²) in [7, 11) is 1.78. The average molecular weight is 494 g/mol. The maximum atomic E-state index is 11.0. The summed E-state index contributed by atoms with van der Waals surface area (Å²) in [5, 5.41) is 9.99. The third-order valence-corrected chi connectivity index (χ3v) is 5.11. The van der Waals surface area contributed by atoms with Crippen LogP contribution in [0.5, 0.6) is 0 Å². The molecule has 1 aromatic rings. The Bertz CT molecular complexity index is 605. The van der Waals surface area contributed by atoms with Gasteiger partial charge in [0.15, 0.2) is 5.96 Å². The van der Waals surface area contributed by atoms with Crippen LogP contribution in [0.1, 0.15) is 44.3 Å². The van der Waals surface area contributed by atoms with E-state index in [-0.39, 0.29) is 35.3 Å². The van der Waals surface area contributed by atoms with E-state index in [1.165, 1.54) is 0 Å². The van der Waals surface area contributed by atoms with Crippen LogP contribution in [0.15, 0.2) is 10.4 Å². The van der Waals surface area contributed by atoms with E-state index in [9.17, 15) is 4.79 Å². The lowest BCUT2D eigenvalue weighted by molar-refractivity contribution is -0.119. The van der Waals surface area contributed by atoms with Crippen LogP contribution >= 0.6 is 35.3 Å². The molecule has 2 heterocycles. The number of nitrogens with one attached hydrogen (secondary N) is 2. The summed E-state index contributed by atoms with van der Waals surface area (Å²) in [5.41, 5.74) is 6.45. The van der Waals surface area contributed by atoms with Crippen LogP contribution in [-0.2, 0) is 16.8 Å². The van der Waals surface area contributed by atoms with Crippen LogP contribution in [-0.4, -0.2) is 54.5 Å². The van der Waals surface area contributed by atoms with Gasteiger partial charge in [0.05, 0.1) is 18.8 Å². The number of amides is 1. The number of hydrogen-bond acceptors (Lipinski definition) is 5. The summed E-state index contributed by atoms with van der Waals surface area (Å²) >= 11 is 1.67. The van der Waals surface area contributed by atoms with Gasteiger partial charge in [0.25, 0.3) is 0 Å². The van der Waals surface area contributed by atoms with Crippen LogP contribution in [0.2, 0.25) is 0 Å². The summed E-state index contributed by atoms with van der Waals surface area (Å²) < 4.78 is 0. The van der Waals surface area contributed by atoms with E-state index < -0.39 is 0 Å². The summed E-state index contributed by atoms with van der Waals surface area (Å²) in [4.78, 5) is 22.1. The van der Waals surface area contributed by atoms with Crippen molar-refractivity contribution < 1.29 is 4.79 Å². The third kappa shape index (κ3) is 7.36. The van der Waals surface area contributed by atoms with E-state index in [0.29, 0.717) is 19.1 Å². The lowest BCUT2D eigenvalue weighted by atomic mass is 9.93. The summed E-state index contributed by atoms with van der Waals surface area (Å²) in [6, 6.07) is 0.358. The SMILES string of the molecule is CN=C(NCc1nc(C(C)(C)C)cs1)NC1CCN(CC(N)=O)CC1.I. The van der Waals surface area contributed by atoms with E-state index in [1.54, 1.807) is 18.4 Å². The van der Waals surface area contributed by atoms with Gasteiger partial charge in [-0.25, -0.2) is 4.98 Å². The van der Waals surface area contributed by atoms with Gasteiger partial charge in [-0.2, -0.15) is 0 Å². The first kappa shape index (κ1) is 23.1. The number of aliphatic imine (C=N–C) groups is 1. The smallest absolute Gasteiger partial charge is 0.231 e. The molecule has 0 aromatic carbocycles. The number of likely N-dealkylation sites (tertiary alicyclic amines) is 1. The number of carbonyl (C=O) groups excluding carboxylic acids is 1. The third-order valence-electron chi connectivity index (χ3n) is 4.26. The molecule has 7 nitrogen and oxygen atoms in total. The molecule has 0 unspecified atom stereocenters. The van der Waals surface area contributed by atoms with Crippen LogP contribution in [0, 0.1) is 0 Å². The van der Waals surface area contributed by atoms with E-state index in [0.717, 1.165) is 42.6 Å². The highest BCUT2D eigenvalue weighted by Crippen LogP contribution is 2.23. The topological polar surface area (TPSA) is 95.6 Å². The van der Waals surface area contributed by atoms with Gasteiger partial charge in [0.1, 0.15) is 5.01 Å². The molecule has 1 saturated heterocycles. The first-order valence-electron chi connectivity index (χ1n) is 8.70. The van der Waals surface area contributed by atoms with Gasteiger partial charge >= 0.3 is 0 Å². The van der Waals surface area contributed by atoms with Crippen LogP contribution in [0.3, 0.4) is 0 Å². The van der Waals surface area contributed by atoms with Crippen molar-refractivity contribution in [1.82, 2.24) is 20.5 Å². The Balaban J connectivity index is 0.00000338. The first-order chi connectivity index (χ1) is 11.8. The van der Waals surface area contributed by atoms with Gasteiger partial charge in [-0.3, -0.25) is 14.7 Å². The van der Waals surface area contributed by atoms with Crippen molar-refractivity contribution in [3.8, 4) is 0 Å². The van der Waals surface area contributed by atoms with Crippen LogP contribution in [0.4, 0.5) is 0 Å². The maximum Gasteiger partial charge on any atom is 0.231 e. The van der Waals surface area contributed by atoms with E-state index in [1.807, 2.05) is 0 Å². The summed E-state index contributed by atoms with van der Waals surface area (Å²) in [6.45, 7) is 9.28. The molecule has 0 spiro atoms. The van der Waals surface area contributed by atoms with E-state index in [2.05, 4.69) is 46.7 Å². The second kappa shape index (κ2) is 10.4. The molecular formula is C17H31IN6OS. The maximum absolute atomic E-state index is 11.0. The minimum absolute atomic E-state index is 0. The largest absolute Gasteiger partial charge is 0.369 e. The minimum atomic E-state index is -0.262. The molecule has 148 valence electrons. The van der Waals surface area contributed by atoms with Crippen LogP contribution < -0.4 is 16.4 Å². The number of hydrogen-bond donors (Lipinski definition) is 3. The van der Waals surface area contributed by atoms with Crippen molar-refractivity contribution in [2.45, 2.75) is 51.6 Å². The normalized spacial score (nSPS) is 16.8. The lowest BCUT2D eigenvalue weighted by Crippen LogP contribution is -2.49. The second-order valence-electron chi connectivity index (χ2n) is 7.46. The average Bonchev–Trinajstić information content (AvgIpc) is 3.02. The molecule has 2 rings (SSSR count). The fourth-order valence-corrected chi connectivity index (χ4v) is 3.70. The molecule has 0 bridgehead atoms.